The molecule has 2 aliphatic heterocycles. The summed E-state index contributed by atoms with van der Waals surface area (Å²) >= 11 is 7.53. The SMILES string of the molecule is C[C@@H]1C[C@H]2[C@@H]3CC=C4CC(=O)C=C[C@]4(C)[C@@]3(Cl)[C@@H](O)C[C@]2(C)[C@]12OCOC21COCO1. The zero-order valence-electron chi connectivity index (χ0n) is 18.4. The normalized spacial score (nSPS) is 57.8. The predicted octanol–water partition coefficient (Wildman–Crippen LogP) is 3.32. The van der Waals surface area contributed by atoms with E-state index in [1.807, 2.05) is 6.08 Å². The maximum Gasteiger partial charge on any atom is 0.227 e. The Kier molecular flexibility index (Phi) is 4.18. The van der Waals surface area contributed by atoms with Gasteiger partial charge in [0, 0.05) is 17.3 Å². The molecule has 0 aromatic carbocycles. The van der Waals surface area contributed by atoms with E-state index in [4.69, 9.17) is 30.5 Å². The van der Waals surface area contributed by atoms with Crippen LogP contribution in [0.15, 0.2) is 23.8 Å². The highest BCUT2D eigenvalue weighted by atomic mass is 35.5. The molecular weight excluding hydrogens is 420 g/mol. The molecule has 9 atom stereocenters. The van der Waals surface area contributed by atoms with Crippen LogP contribution in [-0.4, -0.2) is 53.4 Å². The van der Waals surface area contributed by atoms with Gasteiger partial charge in [0.2, 0.25) is 5.79 Å². The highest BCUT2D eigenvalue weighted by Crippen LogP contribution is 2.74. The van der Waals surface area contributed by atoms with Crippen LogP contribution in [0.2, 0.25) is 0 Å². The molecule has 4 fully saturated rings. The summed E-state index contributed by atoms with van der Waals surface area (Å²) in [5, 5.41) is 11.8. The number of hydrogen-bond donors (Lipinski definition) is 1. The fraction of sp³-hybridized carbons (Fsp3) is 0.792. The summed E-state index contributed by atoms with van der Waals surface area (Å²) in [5.74, 6) is -0.437. The number of aliphatic hydroxyl groups is 1. The van der Waals surface area contributed by atoms with Crippen molar-refractivity contribution in [2.45, 2.75) is 68.8 Å². The van der Waals surface area contributed by atoms with Gasteiger partial charge < -0.3 is 24.1 Å². The van der Waals surface area contributed by atoms with Gasteiger partial charge in [-0.05, 0) is 43.1 Å². The first-order chi connectivity index (χ1) is 14.6. The standard InChI is InChI=1S/C24H31ClO6/c1-14-8-18-17-5-4-15-9-16(26)6-7-20(15,2)23(17,25)19(27)10-21(18,3)24(14)22(30-13-31-24)11-28-12-29-22/h4,6-7,14,17-19,27H,5,8-13H2,1-3H3/t14-,17+,18+,19+,20+,21+,22?,23+,24-/m1/s1. The summed E-state index contributed by atoms with van der Waals surface area (Å²) in [5.41, 5.74) is -0.611. The first-order valence-electron chi connectivity index (χ1n) is 11.4. The Labute approximate surface area is 187 Å². The molecule has 2 saturated heterocycles. The zero-order chi connectivity index (χ0) is 21.9. The lowest BCUT2D eigenvalue weighted by atomic mass is 9.46. The van der Waals surface area contributed by atoms with Gasteiger partial charge in [0.05, 0.1) is 11.0 Å². The van der Waals surface area contributed by atoms with Crippen LogP contribution < -0.4 is 0 Å². The number of ketones is 1. The van der Waals surface area contributed by atoms with Crippen molar-refractivity contribution < 1.29 is 28.8 Å². The Morgan fingerprint density at radius 1 is 1.16 bits per heavy atom. The van der Waals surface area contributed by atoms with E-state index >= 15 is 0 Å². The van der Waals surface area contributed by atoms with Crippen LogP contribution >= 0.6 is 11.6 Å². The maximum atomic E-state index is 12.1. The molecule has 2 saturated carbocycles. The summed E-state index contributed by atoms with van der Waals surface area (Å²) in [4.78, 5) is 11.2. The van der Waals surface area contributed by atoms with E-state index in [1.165, 1.54) is 0 Å². The van der Waals surface area contributed by atoms with Gasteiger partial charge in [0.25, 0.3) is 0 Å². The van der Waals surface area contributed by atoms with Crippen molar-refractivity contribution in [1.29, 1.82) is 0 Å². The van der Waals surface area contributed by atoms with E-state index in [-0.39, 0.29) is 37.1 Å². The molecule has 0 aromatic rings. The van der Waals surface area contributed by atoms with Crippen molar-refractivity contribution in [3.63, 3.8) is 0 Å². The van der Waals surface area contributed by atoms with Crippen molar-refractivity contribution in [3.8, 4) is 0 Å². The Hall–Kier alpha value is -0.760. The summed E-state index contributed by atoms with van der Waals surface area (Å²) in [6, 6.07) is 0. The van der Waals surface area contributed by atoms with Crippen molar-refractivity contribution in [2.75, 3.05) is 20.2 Å². The molecule has 1 N–H and O–H groups in total. The summed E-state index contributed by atoms with van der Waals surface area (Å²) in [6.07, 6.45) is 7.56. The molecule has 6 rings (SSSR count). The second-order valence-electron chi connectivity index (χ2n) is 10.9. The monoisotopic (exact) mass is 450 g/mol. The van der Waals surface area contributed by atoms with Gasteiger partial charge in [-0.15, -0.1) is 11.6 Å². The second kappa shape index (κ2) is 6.22. The van der Waals surface area contributed by atoms with Gasteiger partial charge in [-0.2, -0.15) is 0 Å². The van der Waals surface area contributed by atoms with Crippen LogP contribution in [0.3, 0.4) is 0 Å². The minimum Gasteiger partial charge on any atom is -0.391 e. The Morgan fingerprint density at radius 2 is 1.94 bits per heavy atom. The first kappa shape index (κ1) is 20.8. The number of ether oxygens (including phenoxy) is 4. The number of fused-ring (bicyclic) bond motifs is 7. The highest BCUT2D eigenvalue weighted by molar-refractivity contribution is 6.26. The van der Waals surface area contributed by atoms with Crippen LogP contribution in [0, 0.1) is 28.6 Å². The summed E-state index contributed by atoms with van der Waals surface area (Å²) in [7, 11) is 0. The quantitative estimate of drug-likeness (QED) is 0.451. The van der Waals surface area contributed by atoms with Crippen molar-refractivity contribution in [1.82, 2.24) is 0 Å². The molecule has 170 valence electrons. The van der Waals surface area contributed by atoms with Gasteiger partial charge in [0.1, 0.15) is 12.2 Å². The van der Waals surface area contributed by atoms with Crippen molar-refractivity contribution >= 4 is 17.4 Å². The smallest absolute Gasteiger partial charge is 0.227 e. The molecule has 0 radical (unpaired) electrons. The third kappa shape index (κ3) is 2.12. The molecular formula is C24H31ClO6. The third-order valence-corrected chi connectivity index (χ3v) is 10.9. The molecule has 4 aliphatic carbocycles. The fourth-order valence-corrected chi connectivity index (χ4v) is 9.15. The van der Waals surface area contributed by atoms with E-state index < -0.39 is 33.2 Å². The average Bonchev–Trinajstić information content (AvgIpc) is 3.40. The molecule has 6 nitrogen and oxygen atoms in total. The minimum absolute atomic E-state index is 0.0416. The number of carbonyl (C=O) groups is 1. The van der Waals surface area contributed by atoms with Crippen molar-refractivity contribution in [2.24, 2.45) is 28.6 Å². The number of rotatable bonds is 0. The molecule has 0 bridgehead atoms. The molecule has 0 aromatic heterocycles. The average molecular weight is 451 g/mol. The van der Waals surface area contributed by atoms with E-state index in [2.05, 4.69) is 26.8 Å². The number of allylic oxidation sites excluding steroid dienone is 4. The van der Waals surface area contributed by atoms with Crippen LogP contribution in [-0.2, 0) is 23.7 Å². The lowest BCUT2D eigenvalue weighted by Gasteiger charge is -2.64. The Morgan fingerprint density at radius 3 is 2.68 bits per heavy atom. The molecule has 2 spiro atoms. The molecule has 31 heavy (non-hydrogen) atoms. The van der Waals surface area contributed by atoms with Gasteiger partial charge in [-0.25, -0.2) is 0 Å². The van der Waals surface area contributed by atoms with Gasteiger partial charge >= 0.3 is 0 Å². The van der Waals surface area contributed by atoms with Gasteiger partial charge in [0.15, 0.2) is 19.4 Å². The molecule has 6 aliphatic rings. The lowest BCUT2D eigenvalue weighted by molar-refractivity contribution is -0.263. The zero-order valence-corrected chi connectivity index (χ0v) is 19.1. The van der Waals surface area contributed by atoms with Crippen LogP contribution in [0.1, 0.15) is 46.5 Å². The van der Waals surface area contributed by atoms with E-state index in [0.717, 1.165) is 18.4 Å². The summed E-state index contributed by atoms with van der Waals surface area (Å²) < 4.78 is 24.3. The van der Waals surface area contributed by atoms with Crippen molar-refractivity contribution in [3.05, 3.63) is 23.8 Å². The maximum absolute atomic E-state index is 12.1. The number of alkyl halides is 1. The molecule has 7 heteroatoms. The minimum atomic E-state index is -0.946. The van der Waals surface area contributed by atoms with Crippen LogP contribution in [0.25, 0.3) is 0 Å². The topological polar surface area (TPSA) is 74.2 Å². The van der Waals surface area contributed by atoms with Crippen LogP contribution in [0.4, 0.5) is 0 Å². The first-order valence-corrected chi connectivity index (χ1v) is 11.8. The van der Waals surface area contributed by atoms with E-state index in [9.17, 15) is 9.90 Å². The number of carbonyl (C=O) groups excluding carboxylic acids is 1. The van der Waals surface area contributed by atoms with E-state index in [0.29, 0.717) is 19.4 Å². The van der Waals surface area contributed by atoms with Crippen LogP contribution in [0.5, 0.6) is 0 Å². The van der Waals surface area contributed by atoms with Gasteiger partial charge in [-0.1, -0.05) is 38.5 Å². The number of hydrogen-bond acceptors (Lipinski definition) is 6. The Balaban J connectivity index is 1.49. The predicted molar refractivity (Wildman–Crippen MR) is 112 cm³/mol. The number of aliphatic hydroxyl groups excluding tert-OH is 1. The highest BCUT2D eigenvalue weighted by Gasteiger charge is 2.80. The van der Waals surface area contributed by atoms with Gasteiger partial charge in [-0.3, -0.25) is 4.79 Å². The number of halogens is 1. The Bertz CT molecular complexity index is 889. The third-order valence-electron chi connectivity index (χ3n) is 9.96. The summed E-state index contributed by atoms with van der Waals surface area (Å²) in [6.45, 7) is 7.20. The molecule has 2 heterocycles. The fourth-order valence-electron chi connectivity index (χ4n) is 8.64. The largest absolute Gasteiger partial charge is 0.391 e. The molecule has 1 unspecified atom stereocenters. The van der Waals surface area contributed by atoms with E-state index in [1.54, 1.807) is 6.08 Å². The lowest BCUT2D eigenvalue weighted by Crippen LogP contribution is -2.71. The second-order valence-corrected chi connectivity index (χ2v) is 11.5. The molecule has 0 amide bonds.